The lowest BCUT2D eigenvalue weighted by molar-refractivity contribution is 0.0162. The van der Waals surface area contributed by atoms with Crippen molar-refractivity contribution in [2.24, 2.45) is 0 Å². The summed E-state index contributed by atoms with van der Waals surface area (Å²) in [4.78, 5) is 17.0. The standard InChI is InChI=1S/C22H29N3O3/c1-24(2)19-8-4-18(5-9-19)22(26)23-16-21(25-12-14-28-15-13-25)17-6-10-20(27-3)11-7-17/h4-11,21H,12-16H2,1-3H3,(H,23,26)/t21-/m1/s1. The van der Waals surface area contributed by atoms with Crippen molar-refractivity contribution in [2.75, 3.05) is 59.0 Å². The van der Waals surface area contributed by atoms with Crippen LogP contribution in [0.2, 0.25) is 0 Å². The van der Waals surface area contributed by atoms with Crippen LogP contribution < -0.4 is 15.0 Å². The summed E-state index contributed by atoms with van der Waals surface area (Å²) in [5, 5.41) is 3.11. The van der Waals surface area contributed by atoms with Crippen LogP contribution in [0, 0.1) is 0 Å². The topological polar surface area (TPSA) is 54.0 Å². The van der Waals surface area contributed by atoms with Crippen molar-refractivity contribution in [2.45, 2.75) is 6.04 Å². The minimum Gasteiger partial charge on any atom is -0.497 e. The van der Waals surface area contributed by atoms with Crippen LogP contribution in [-0.4, -0.2) is 64.9 Å². The SMILES string of the molecule is COc1ccc([C@@H](CNC(=O)c2ccc(N(C)C)cc2)N2CCOCC2)cc1. The van der Waals surface area contributed by atoms with Crippen molar-refractivity contribution in [3.63, 3.8) is 0 Å². The number of anilines is 1. The zero-order chi connectivity index (χ0) is 19.9. The maximum atomic E-state index is 12.7. The summed E-state index contributed by atoms with van der Waals surface area (Å²) in [6, 6.07) is 15.8. The normalized spacial score (nSPS) is 15.7. The number of hydrogen-bond acceptors (Lipinski definition) is 5. The quantitative estimate of drug-likeness (QED) is 0.796. The van der Waals surface area contributed by atoms with Gasteiger partial charge >= 0.3 is 0 Å². The first kappa shape index (κ1) is 20.2. The van der Waals surface area contributed by atoms with Crippen LogP contribution in [0.1, 0.15) is 22.0 Å². The molecular formula is C22H29N3O3. The Morgan fingerprint density at radius 2 is 1.75 bits per heavy atom. The minimum absolute atomic E-state index is 0.0583. The Balaban J connectivity index is 1.70. The first-order chi connectivity index (χ1) is 13.6. The van der Waals surface area contributed by atoms with E-state index >= 15 is 0 Å². The van der Waals surface area contributed by atoms with Gasteiger partial charge in [0.2, 0.25) is 0 Å². The van der Waals surface area contributed by atoms with Crippen molar-refractivity contribution >= 4 is 11.6 Å². The Kier molecular flexibility index (Phi) is 6.90. The van der Waals surface area contributed by atoms with Gasteiger partial charge in [-0.1, -0.05) is 12.1 Å². The monoisotopic (exact) mass is 383 g/mol. The largest absolute Gasteiger partial charge is 0.497 e. The number of rotatable bonds is 7. The Labute approximate surface area is 167 Å². The van der Waals surface area contributed by atoms with E-state index in [0.29, 0.717) is 25.3 Å². The Morgan fingerprint density at radius 1 is 1.11 bits per heavy atom. The molecule has 1 amide bonds. The molecule has 1 N–H and O–H groups in total. The zero-order valence-corrected chi connectivity index (χ0v) is 16.9. The van der Waals surface area contributed by atoms with Gasteiger partial charge in [0.15, 0.2) is 0 Å². The Bertz CT molecular complexity index is 754. The van der Waals surface area contributed by atoms with Crippen LogP contribution in [-0.2, 0) is 4.74 Å². The summed E-state index contributed by atoms with van der Waals surface area (Å²) < 4.78 is 10.8. The molecule has 0 unspecified atom stereocenters. The second kappa shape index (κ2) is 9.57. The molecule has 0 bridgehead atoms. The van der Waals surface area contributed by atoms with Crippen LogP contribution in [0.4, 0.5) is 5.69 Å². The molecule has 1 fully saturated rings. The molecular weight excluding hydrogens is 354 g/mol. The first-order valence-corrected chi connectivity index (χ1v) is 9.60. The number of carbonyl (C=O) groups excluding carboxylic acids is 1. The van der Waals surface area contributed by atoms with E-state index in [-0.39, 0.29) is 11.9 Å². The van der Waals surface area contributed by atoms with Crippen molar-refractivity contribution < 1.29 is 14.3 Å². The molecule has 150 valence electrons. The molecule has 6 nitrogen and oxygen atoms in total. The first-order valence-electron chi connectivity index (χ1n) is 9.60. The van der Waals surface area contributed by atoms with Gasteiger partial charge in [0, 0.05) is 45.0 Å². The molecule has 0 spiro atoms. The molecule has 1 saturated heterocycles. The predicted molar refractivity (Wildman–Crippen MR) is 111 cm³/mol. The fourth-order valence-corrected chi connectivity index (χ4v) is 3.38. The number of benzene rings is 2. The molecule has 2 aromatic carbocycles. The van der Waals surface area contributed by atoms with Gasteiger partial charge in [-0.3, -0.25) is 9.69 Å². The van der Waals surface area contributed by atoms with Gasteiger partial charge in [0.05, 0.1) is 26.4 Å². The zero-order valence-electron chi connectivity index (χ0n) is 16.9. The number of morpholine rings is 1. The average molecular weight is 383 g/mol. The fourth-order valence-electron chi connectivity index (χ4n) is 3.38. The number of hydrogen-bond donors (Lipinski definition) is 1. The molecule has 0 saturated carbocycles. The van der Waals surface area contributed by atoms with E-state index in [0.717, 1.165) is 30.1 Å². The van der Waals surface area contributed by atoms with E-state index in [1.54, 1.807) is 7.11 Å². The van der Waals surface area contributed by atoms with Crippen LogP contribution in [0.5, 0.6) is 5.75 Å². The molecule has 1 aliphatic rings. The van der Waals surface area contributed by atoms with E-state index in [1.807, 2.05) is 55.4 Å². The Morgan fingerprint density at radius 3 is 2.32 bits per heavy atom. The number of ether oxygens (including phenoxy) is 2. The summed E-state index contributed by atoms with van der Waals surface area (Å²) in [6.45, 7) is 3.67. The van der Waals surface area contributed by atoms with Crippen LogP contribution in [0.15, 0.2) is 48.5 Å². The third-order valence-corrected chi connectivity index (χ3v) is 5.09. The third kappa shape index (κ3) is 5.03. The molecule has 0 aromatic heterocycles. The lowest BCUT2D eigenvalue weighted by Gasteiger charge is -2.35. The van der Waals surface area contributed by atoms with Gasteiger partial charge in [0.1, 0.15) is 5.75 Å². The van der Waals surface area contributed by atoms with Gasteiger partial charge in [-0.05, 0) is 42.0 Å². The molecule has 3 rings (SSSR count). The van der Waals surface area contributed by atoms with Crippen LogP contribution >= 0.6 is 0 Å². The highest BCUT2D eigenvalue weighted by Gasteiger charge is 2.23. The van der Waals surface area contributed by atoms with Crippen molar-refractivity contribution in [1.82, 2.24) is 10.2 Å². The highest BCUT2D eigenvalue weighted by molar-refractivity contribution is 5.94. The molecule has 1 aliphatic heterocycles. The van der Waals surface area contributed by atoms with Crippen molar-refractivity contribution in [3.05, 3.63) is 59.7 Å². The molecule has 28 heavy (non-hydrogen) atoms. The molecule has 1 heterocycles. The fraction of sp³-hybridized carbons (Fsp3) is 0.409. The highest BCUT2D eigenvalue weighted by atomic mass is 16.5. The maximum absolute atomic E-state index is 12.7. The summed E-state index contributed by atoms with van der Waals surface area (Å²) in [5.41, 5.74) is 2.90. The van der Waals surface area contributed by atoms with E-state index in [2.05, 4.69) is 22.3 Å². The van der Waals surface area contributed by atoms with E-state index in [4.69, 9.17) is 9.47 Å². The summed E-state index contributed by atoms with van der Waals surface area (Å²) in [5.74, 6) is 0.770. The number of nitrogens with zero attached hydrogens (tertiary/aromatic N) is 2. The van der Waals surface area contributed by atoms with Gasteiger partial charge in [-0.2, -0.15) is 0 Å². The van der Waals surface area contributed by atoms with Gasteiger partial charge < -0.3 is 19.7 Å². The summed E-state index contributed by atoms with van der Waals surface area (Å²) in [6.07, 6.45) is 0. The number of amides is 1. The van der Waals surface area contributed by atoms with Gasteiger partial charge in [-0.25, -0.2) is 0 Å². The smallest absolute Gasteiger partial charge is 0.251 e. The second-order valence-electron chi connectivity index (χ2n) is 7.09. The third-order valence-electron chi connectivity index (χ3n) is 5.09. The van der Waals surface area contributed by atoms with E-state index in [1.165, 1.54) is 0 Å². The number of nitrogens with one attached hydrogen (secondary N) is 1. The van der Waals surface area contributed by atoms with E-state index in [9.17, 15) is 4.79 Å². The summed E-state index contributed by atoms with van der Waals surface area (Å²) >= 11 is 0. The van der Waals surface area contributed by atoms with Gasteiger partial charge in [-0.15, -0.1) is 0 Å². The van der Waals surface area contributed by atoms with E-state index < -0.39 is 0 Å². The van der Waals surface area contributed by atoms with Gasteiger partial charge in [0.25, 0.3) is 5.91 Å². The highest BCUT2D eigenvalue weighted by Crippen LogP contribution is 2.24. The van der Waals surface area contributed by atoms with Crippen molar-refractivity contribution in [1.29, 1.82) is 0 Å². The molecule has 0 aliphatic carbocycles. The van der Waals surface area contributed by atoms with Crippen LogP contribution in [0.25, 0.3) is 0 Å². The molecule has 2 aromatic rings. The Hall–Kier alpha value is -2.57. The predicted octanol–water partition coefficient (Wildman–Crippen LogP) is 2.56. The number of methoxy groups -OCH3 is 1. The lowest BCUT2D eigenvalue weighted by Crippen LogP contribution is -2.43. The lowest BCUT2D eigenvalue weighted by atomic mass is 10.0. The molecule has 6 heteroatoms. The molecule has 0 radical (unpaired) electrons. The second-order valence-corrected chi connectivity index (χ2v) is 7.09. The summed E-state index contributed by atoms with van der Waals surface area (Å²) in [7, 11) is 5.63. The minimum atomic E-state index is -0.0583. The maximum Gasteiger partial charge on any atom is 0.251 e. The van der Waals surface area contributed by atoms with Crippen molar-refractivity contribution in [3.8, 4) is 5.75 Å². The number of carbonyl (C=O) groups is 1. The molecule has 1 atom stereocenters. The average Bonchev–Trinajstić information content (AvgIpc) is 2.75. The van der Waals surface area contributed by atoms with Crippen LogP contribution in [0.3, 0.4) is 0 Å².